The Labute approximate surface area is 183 Å². The second-order valence-corrected chi connectivity index (χ2v) is 7.58. The number of carbonyl (C=O) groups excluding carboxylic acids is 2. The molecule has 0 saturated carbocycles. The molecule has 3 N–H and O–H groups in total. The number of primary amides is 1. The predicted molar refractivity (Wildman–Crippen MR) is 116 cm³/mol. The third kappa shape index (κ3) is 8.42. The predicted octanol–water partition coefficient (Wildman–Crippen LogP) is 3.33. The van der Waals surface area contributed by atoms with Crippen LogP contribution in [-0.2, 0) is 16.1 Å². The van der Waals surface area contributed by atoms with Crippen molar-refractivity contribution in [2.75, 3.05) is 31.3 Å². The van der Waals surface area contributed by atoms with Gasteiger partial charge in [0, 0.05) is 11.4 Å². The molecular weight excluding hydrogens is 428 g/mol. The third-order valence-corrected chi connectivity index (χ3v) is 5.02. The van der Waals surface area contributed by atoms with Gasteiger partial charge in [-0.3, -0.25) is 14.5 Å². The lowest BCUT2D eigenvalue weighted by Crippen LogP contribution is -2.30. The van der Waals surface area contributed by atoms with Crippen molar-refractivity contribution in [3.63, 3.8) is 0 Å². The number of hydrogen-bond donors (Lipinski definition) is 2. The van der Waals surface area contributed by atoms with Crippen LogP contribution >= 0.6 is 11.8 Å². The Bertz CT molecular complexity index is 899. The van der Waals surface area contributed by atoms with Gasteiger partial charge in [0.25, 0.3) is 0 Å². The summed E-state index contributed by atoms with van der Waals surface area (Å²) in [5.74, 6) is -0.385. The van der Waals surface area contributed by atoms with Gasteiger partial charge in [0.05, 0.1) is 24.6 Å². The van der Waals surface area contributed by atoms with Crippen LogP contribution in [0.25, 0.3) is 0 Å². The van der Waals surface area contributed by atoms with Crippen molar-refractivity contribution in [1.29, 1.82) is 0 Å². The number of rotatable bonds is 12. The highest BCUT2D eigenvalue weighted by atomic mass is 32.2. The molecule has 0 saturated heterocycles. The zero-order chi connectivity index (χ0) is 22.8. The minimum absolute atomic E-state index is 0.0361. The first-order chi connectivity index (χ1) is 14.8. The fourth-order valence-corrected chi connectivity index (χ4v) is 3.51. The average Bonchev–Trinajstić information content (AvgIpc) is 2.69. The van der Waals surface area contributed by atoms with Crippen LogP contribution in [0.15, 0.2) is 47.4 Å². The van der Waals surface area contributed by atoms with Crippen molar-refractivity contribution in [2.24, 2.45) is 5.73 Å². The number of nitrogens with one attached hydrogen (secondary N) is 1. The lowest BCUT2D eigenvalue weighted by Gasteiger charge is -2.18. The molecule has 0 aliphatic rings. The maximum Gasteiger partial charge on any atom is 0.387 e. The van der Waals surface area contributed by atoms with Crippen LogP contribution in [-0.4, -0.2) is 49.3 Å². The van der Waals surface area contributed by atoms with Gasteiger partial charge in [-0.1, -0.05) is 18.2 Å². The zero-order valence-electron chi connectivity index (χ0n) is 17.3. The maximum atomic E-state index is 12.5. The summed E-state index contributed by atoms with van der Waals surface area (Å²) in [5.41, 5.74) is 6.56. The summed E-state index contributed by atoms with van der Waals surface area (Å²) in [6, 6.07) is 11.8. The number of likely N-dealkylation sites (N-methyl/N-ethyl adjacent to an activating group) is 1. The van der Waals surface area contributed by atoms with Crippen LogP contribution in [0.1, 0.15) is 12.5 Å². The minimum atomic E-state index is -2.94. The van der Waals surface area contributed by atoms with Gasteiger partial charge in [-0.2, -0.15) is 8.78 Å². The standard InChI is InChI=1S/C21H25F2N3O4S/c1-3-29-17-10-14(8-9-16(17)30-21(22)23)11-26(2)12-20(28)25-15-6-4-5-7-18(15)31-13-19(24)27/h4-10,21H,3,11-13H2,1-2H3,(H2,24,27)(H,25,28). The number of nitrogens with two attached hydrogens (primary N) is 1. The number of para-hydroxylation sites is 1. The number of halogens is 2. The zero-order valence-corrected chi connectivity index (χ0v) is 18.1. The number of carbonyl (C=O) groups is 2. The van der Waals surface area contributed by atoms with E-state index < -0.39 is 12.5 Å². The largest absolute Gasteiger partial charge is 0.490 e. The van der Waals surface area contributed by atoms with E-state index in [0.717, 1.165) is 10.5 Å². The van der Waals surface area contributed by atoms with E-state index in [4.69, 9.17) is 10.5 Å². The molecule has 2 amide bonds. The van der Waals surface area contributed by atoms with Crippen LogP contribution in [0, 0.1) is 0 Å². The van der Waals surface area contributed by atoms with E-state index in [-0.39, 0.29) is 29.7 Å². The van der Waals surface area contributed by atoms with Gasteiger partial charge in [0.15, 0.2) is 11.5 Å². The van der Waals surface area contributed by atoms with Crippen molar-refractivity contribution < 1.29 is 27.8 Å². The van der Waals surface area contributed by atoms with Crippen LogP contribution in [0.4, 0.5) is 14.5 Å². The first kappa shape index (κ1) is 24.4. The van der Waals surface area contributed by atoms with Crippen molar-refractivity contribution in [3.05, 3.63) is 48.0 Å². The molecule has 0 fully saturated rings. The van der Waals surface area contributed by atoms with Crippen LogP contribution < -0.4 is 20.5 Å². The summed E-state index contributed by atoms with van der Waals surface area (Å²) in [6.07, 6.45) is 0. The molecular formula is C21H25F2N3O4S. The Morgan fingerprint density at radius 2 is 1.94 bits per heavy atom. The van der Waals surface area contributed by atoms with Gasteiger partial charge < -0.3 is 20.5 Å². The number of hydrogen-bond acceptors (Lipinski definition) is 6. The quantitative estimate of drug-likeness (QED) is 0.479. The van der Waals surface area contributed by atoms with E-state index in [2.05, 4.69) is 10.1 Å². The van der Waals surface area contributed by atoms with Gasteiger partial charge in [0.2, 0.25) is 11.8 Å². The maximum absolute atomic E-state index is 12.5. The number of benzene rings is 2. The minimum Gasteiger partial charge on any atom is -0.490 e. The first-order valence-electron chi connectivity index (χ1n) is 9.47. The fraction of sp³-hybridized carbons (Fsp3) is 0.333. The van der Waals surface area contributed by atoms with Gasteiger partial charge in [-0.05, 0) is 43.8 Å². The summed E-state index contributed by atoms with van der Waals surface area (Å²) in [6.45, 7) is -0.418. The highest BCUT2D eigenvalue weighted by Crippen LogP contribution is 2.30. The Balaban J connectivity index is 1.98. The number of thioether (sulfide) groups is 1. The summed E-state index contributed by atoms with van der Waals surface area (Å²) < 4.78 is 34.9. The van der Waals surface area contributed by atoms with E-state index in [1.54, 1.807) is 49.2 Å². The number of amides is 2. The molecule has 0 radical (unpaired) electrons. The van der Waals surface area contributed by atoms with Gasteiger partial charge >= 0.3 is 6.61 Å². The third-order valence-electron chi connectivity index (χ3n) is 3.92. The van der Waals surface area contributed by atoms with Crippen molar-refractivity contribution in [2.45, 2.75) is 25.0 Å². The molecule has 0 bridgehead atoms. The summed E-state index contributed by atoms with van der Waals surface area (Å²) in [4.78, 5) is 26.0. The van der Waals surface area contributed by atoms with E-state index in [0.29, 0.717) is 18.8 Å². The summed E-state index contributed by atoms with van der Waals surface area (Å²) in [7, 11) is 1.76. The highest BCUT2D eigenvalue weighted by Gasteiger charge is 2.14. The number of alkyl halides is 2. The Hall–Kier alpha value is -2.85. The highest BCUT2D eigenvalue weighted by molar-refractivity contribution is 8.00. The number of ether oxygens (including phenoxy) is 2. The molecule has 0 aliphatic heterocycles. The molecule has 2 aromatic carbocycles. The Morgan fingerprint density at radius 1 is 1.19 bits per heavy atom. The summed E-state index contributed by atoms with van der Waals surface area (Å²) >= 11 is 1.25. The molecule has 0 heterocycles. The first-order valence-corrected chi connectivity index (χ1v) is 10.5. The second kappa shape index (κ2) is 12.1. The van der Waals surface area contributed by atoms with Gasteiger partial charge in [0.1, 0.15) is 0 Å². The molecule has 0 aliphatic carbocycles. The van der Waals surface area contributed by atoms with Crippen molar-refractivity contribution >= 4 is 29.3 Å². The molecule has 2 aromatic rings. The lowest BCUT2D eigenvalue weighted by atomic mass is 10.2. The molecule has 168 valence electrons. The Kier molecular flexibility index (Phi) is 9.54. The molecule has 10 heteroatoms. The molecule has 0 aromatic heterocycles. The van der Waals surface area contributed by atoms with Crippen LogP contribution in [0.3, 0.4) is 0 Å². The molecule has 7 nitrogen and oxygen atoms in total. The molecule has 2 rings (SSSR count). The average molecular weight is 454 g/mol. The Morgan fingerprint density at radius 3 is 2.61 bits per heavy atom. The SMILES string of the molecule is CCOc1cc(CN(C)CC(=O)Nc2ccccc2SCC(N)=O)ccc1OC(F)F. The van der Waals surface area contributed by atoms with Crippen molar-refractivity contribution in [1.82, 2.24) is 4.90 Å². The smallest absolute Gasteiger partial charge is 0.387 e. The van der Waals surface area contributed by atoms with E-state index in [9.17, 15) is 18.4 Å². The molecule has 31 heavy (non-hydrogen) atoms. The monoisotopic (exact) mass is 453 g/mol. The van der Waals surface area contributed by atoms with Gasteiger partial charge in [-0.25, -0.2) is 0 Å². The normalized spacial score (nSPS) is 10.9. The number of anilines is 1. The van der Waals surface area contributed by atoms with E-state index in [1.807, 2.05) is 6.07 Å². The molecule has 0 atom stereocenters. The topological polar surface area (TPSA) is 93.9 Å². The van der Waals surface area contributed by atoms with Gasteiger partial charge in [-0.15, -0.1) is 11.8 Å². The van der Waals surface area contributed by atoms with Crippen LogP contribution in [0.2, 0.25) is 0 Å². The number of nitrogens with zero attached hydrogens (tertiary/aromatic N) is 1. The summed E-state index contributed by atoms with van der Waals surface area (Å²) in [5, 5.41) is 2.83. The molecule has 0 spiro atoms. The van der Waals surface area contributed by atoms with Crippen LogP contribution in [0.5, 0.6) is 11.5 Å². The second-order valence-electron chi connectivity index (χ2n) is 6.56. The van der Waals surface area contributed by atoms with E-state index >= 15 is 0 Å². The fourth-order valence-electron chi connectivity index (χ4n) is 2.76. The van der Waals surface area contributed by atoms with E-state index in [1.165, 1.54) is 17.8 Å². The molecule has 0 unspecified atom stereocenters. The lowest BCUT2D eigenvalue weighted by molar-refractivity contribution is -0.117. The van der Waals surface area contributed by atoms with Crippen molar-refractivity contribution in [3.8, 4) is 11.5 Å².